The average Bonchev–Trinajstić information content (AvgIpc) is 2.78. The number of nitrogens with zero attached hydrogens (tertiary/aromatic N) is 1. The van der Waals surface area contributed by atoms with Gasteiger partial charge in [-0.25, -0.2) is 0 Å². The van der Waals surface area contributed by atoms with Crippen LogP contribution in [0.1, 0.15) is 36.8 Å². The number of rotatable bonds is 8. The molecule has 3 nitrogen and oxygen atoms in total. The third-order valence-electron chi connectivity index (χ3n) is 4.76. The maximum atomic E-state index is 10.2. The summed E-state index contributed by atoms with van der Waals surface area (Å²) in [6.45, 7) is 1.84. The molecular weight excluding hydrogens is 296 g/mol. The predicted octanol–water partition coefficient (Wildman–Crippen LogP) is 4.23. The first-order valence-corrected chi connectivity index (χ1v) is 9.00. The van der Waals surface area contributed by atoms with Crippen molar-refractivity contribution in [3.63, 3.8) is 0 Å². The van der Waals surface area contributed by atoms with Crippen LogP contribution < -0.4 is 10.2 Å². The molecule has 0 saturated carbocycles. The highest BCUT2D eigenvalue weighted by Crippen LogP contribution is 2.35. The number of carbonyl (C=O) groups is 1. The second-order valence-corrected chi connectivity index (χ2v) is 6.40. The van der Waals surface area contributed by atoms with Crippen molar-refractivity contribution in [1.82, 2.24) is 5.32 Å². The van der Waals surface area contributed by atoms with Crippen LogP contribution in [0.2, 0.25) is 0 Å². The summed E-state index contributed by atoms with van der Waals surface area (Å²) >= 11 is 0. The normalized spacial score (nSPS) is 12.9. The summed E-state index contributed by atoms with van der Waals surface area (Å²) in [7, 11) is 0. The van der Waals surface area contributed by atoms with Crippen LogP contribution in [0.4, 0.5) is 11.4 Å². The summed E-state index contributed by atoms with van der Waals surface area (Å²) in [5.74, 6) is 0. The molecule has 0 bridgehead atoms. The van der Waals surface area contributed by atoms with E-state index in [0.29, 0.717) is 0 Å². The molecule has 2 aromatic carbocycles. The van der Waals surface area contributed by atoms with E-state index in [1.165, 1.54) is 35.3 Å². The molecule has 0 saturated heterocycles. The van der Waals surface area contributed by atoms with Crippen LogP contribution in [0.5, 0.6) is 0 Å². The third kappa shape index (κ3) is 3.97. The van der Waals surface area contributed by atoms with Crippen molar-refractivity contribution in [2.24, 2.45) is 0 Å². The van der Waals surface area contributed by atoms with E-state index in [9.17, 15) is 4.79 Å². The first kappa shape index (κ1) is 16.6. The lowest BCUT2D eigenvalue weighted by Crippen LogP contribution is -2.19. The lowest BCUT2D eigenvalue weighted by molar-refractivity contribution is -0.109. The van der Waals surface area contributed by atoms with Crippen molar-refractivity contribution in [3.8, 4) is 0 Å². The highest BCUT2D eigenvalue weighted by atomic mass is 16.1. The number of hydrogen-bond donors (Lipinski definition) is 1. The fourth-order valence-corrected chi connectivity index (χ4v) is 3.52. The fourth-order valence-electron chi connectivity index (χ4n) is 3.52. The lowest BCUT2D eigenvalue weighted by Gasteiger charge is -2.27. The van der Waals surface area contributed by atoms with E-state index in [2.05, 4.69) is 58.7 Å². The Morgan fingerprint density at radius 2 is 1.42 bits per heavy atom. The summed E-state index contributed by atoms with van der Waals surface area (Å²) in [5, 5.41) is 2.73. The van der Waals surface area contributed by atoms with Crippen LogP contribution in [0.3, 0.4) is 0 Å². The molecule has 3 rings (SSSR count). The largest absolute Gasteiger partial charge is 0.359 e. The maximum Gasteiger partial charge on any atom is 0.207 e. The van der Waals surface area contributed by atoms with Gasteiger partial charge in [-0.05, 0) is 48.9 Å². The van der Waals surface area contributed by atoms with Crippen molar-refractivity contribution in [2.45, 2.75) is 38.5 Å². The van der Waals surface area contributed by atoms with Gasteiger partial charge in [0.15, 0.2) is 0 Å². The molecule has 1 amide bonds. The molecule has 0 aliphatic carbocycles. The van der Waals surface area contributed by atoms with E-state index < -0.39 is 0 Å². The van der Waals surface area contributed by atoms with Gasteiger partial charge in [-0.1, -0.05) is 49.2 Å². The van der Waals surface area contributed by atoms with Gasteiger partial charge in [-0.2, -0.15) is 0 Å². The molecule has 2 aromatic rings. The van der Waals surface area contributed by atoms with Crippen LogP contribution >= 0.6 is 0 Å². The Kier molecular flexibility index (Phi) is 5.89. The number of aryl methyl sites for hydroxylation is 2. The number of amides is 1. The van der Waals surface area contributed by atoms with Crippen LogP contribution in [-0.4, -0.2) is 19.5 Å². The van der Waals surface area contributed by atoms with Gasteiger partial charge in [-0.15, -0.1) is 0 Å². The Bertz CT molecular complexity index is 621. The summed E-state index contributed by atoms with van der Waals surface area (Å²) in [4.78, 5) is 12.8. The van der Waals surface area contributed by atoms with Gasteiger partial charge in [-0.3, -0.25) is 4.79 Å². The Morgan fingerprint density at radius 1 is 0.833 bits per heavy atom. The number of fused-ring (bicyclic) bond motifs is 2. The number of para-hydroxylation sites is 2. The zero-order valence-corrected chi connectivity index (χ0v) is 14.2. The van der Waals surface area contributed by atoms with E-state index in [4.69, 9.17) is 0 Å². The first-order valence-electron chi connectivity index (χ1n) is 9.00. The Balaban J connectivity index is 1.68. The van der Waals surface area contributed by atoms with Gasteiger partial charge in [0, 0.05) is 24.5 Å². The lowest BCUT2D eigenvalue weighted by atomic mass is 10.0. The minimum atomic E-state index is 0.783. The van der Waals surface area contributed by atoms with E-state index in [-0.39, 0.29) is 0 Å². The number of benzene rings is 2. The van der Waals surface area contributed by atoms with Crippen LogP contribution in [0, 0.1) is 0 Å². The van der Waals surface area contributed by atoms with Crippen molar-refractivity contribution >= 4 is 17.8 Å². The molecule has 0 fully saturated rings. The molecule has 3 heteroatoms. The van der Waals surface area contributed by atoms with E-state index in [1.54, 1.807) is 0 Å². The van der Waals surface area contributed by atoms with Gasteiger partial charge < -0.3 is 10.2 Å². The van der Waals surface area contributed by atoms with Crippen LogP contribution in [-0.2, 0) is 17.6 Å². The summed E-state index contributed by atoms with van der Waals surface area (Å²) in [6, 6.07) is 17.6. The molecule has 24 heavy (non-hydrogen) atoms. The van der Waals surface area contributed by atoms with E-state index in [0.717, 1.165) is 45.2 Å². The van der Waals surface area contributed by atoms with Crippen LogP contribution in [0.15, 0.2) is 48.5 Å². The molecule has 1 aliphatic rings. The van der Waals surface area contributed by atoms with Crippen molar-refractivity contribution in [1.29, 1.82) is 0 Å². The standard InChI is InChI=1S/C21H26N2O/c24-17-22-15-7-1-2-8-16-23-20-11-5-3-9-18(20)13-14-19-10-4-6-12-21(19)23/h3-6,9-12,17H,1-2,7-8,13-16H2,(H,22,24). The highest BCUT2D eigenvalue weighted by Gasteiger charge is 2.19. The third-order valence-corrected chi connectivity index (χ3v) is 4.76. The molecule has 126 valence electrons. The van der Waals surface area contributed by atoms with Crippen molar-refractivity contribution in [2.75, 3.05) is 18.0 Å². The van der Waals surface area contributed by atoms with Gasteiger partial charge in [0.2, 0.25) is 6.41 Å². The molecule has 1 N–H and O–H groups in total. The second kappa shape index (κ2) is 8.53. The van der Waals surface area contributed by atoms with Gasteiger partial charge >= 0.3 is 0 Å². The molecule has 0 radical (unpaired) electrons. The first-order chi connectivity index (χ1) is 11.9. The number of anilines is 2. The molecular formula is C21H26N2O. The van der Waals surface area contributed by atoms with Gasteiger partial charge in [0.1, 0.15) is 0 Å². The summed E-state index contributed by atoms with van der Waals surface area (Å²) in [5.41, 5.74) is 5.63. The smallest absolute Gasteiger partial charge is 0.207 e. The van der Waals surface area contributed by atoms with E-state index >= 15 is 0 Å². The molecule has 0 unspecified atom stereocenters. The maximum absolute atomic E-state index is 10.2. The zero-order valence-electron chi connectivity index (χ0n) is 14.2. The Hall–Kier alpha value is -2.29. The quantitative estimate of drug-likeness (QED) is 0.583. The molecule has 0 aromatic heterocycles. The summed E-state index contributed by atoms with van der Waals surface area (Å²) in [6.07, 6.45) is 7.60. The summed E-state index contributed by atoms with van der Waals surface area (Å²) < 4.78 is 0. The second-order valence-electron chi connectivity index (χ2n) is 6.40. The highest BCUT2D eigenvalue weighted by molar-refractivity contribution is 5.71. The van der Waals surface area contributed by atoms with Crippen LogP contribution in [0.25, 0.3) is 0 Å². The number of nitrogens with one attached hydrogen (secondary N) is 1. The zero-order chi connectivity index (χ0) is 16.6. The SMILES string of the molecule is O=CNCCCCCCN1c2ccccc2CCc2ccccc21. The monoisotopic (exact) mass is 322 g/mol. The average molecular weight is 322 g/mol. The molecule has 1 heterocycles. The minimum absolute atomic E-state index is 0.783. The van der Waals surface area contributed by atoms with Crippen molar-refractivity contribution < 1.29 is 4.79 Å². The minimum Gasteiger partial charge on any atom is -0.359 e. The molecule has 0 atom stereocenters. The molecule has 1 aliphatic heterocycles. The fraction of sp³-hybridized carbons (Fsp3) is 0.381. The molecule has 0 spiro atoms. The Morgan fingerprint density at radius 3 is 2.04 bits per heavy atom. The van der Waals surface area contributed by atoms with Gasteiger partial charge in [0.25, 0.3) is 0 Å². The topological polar surface area (TPSA) is 32.3 Å². The Labute approximate surface area is 144 Å². The number of carbonyl (C=O) groups excluding carboxylic acids is 1. The van der Waals surface area contributed by atoms with E-state index in [1.807, 2.05) is 0 Å². The number of hydrogen-bond acceptors (Lipinski definition) is 2. The van der Waals surface area contributed by atoms with Crippen molar-refractivity contribution in [3.05, 3.63) is 59.7 Å². The number of unbranched alkanes of at least 4 members (excludes halogenated alkanes) is 3. The van der Waals surface area contributed by atoms with Gasteiger partial charge in [0.05, 0.1) is 0 Å². The predicted molar refractivity (Wildman–Crippen MR) is 99.8 cm³/mol.